The van der Waals surface area contributed by atoms with E-state index in [0.29, 0.717) is 23.8 Å². The van der Waals surface area contributed by atoms with Gasteiger partial charge in [0, 0.05) is 6.54 Å². The highest BCUT2D eigenvalue weighted by atomic mass is 16.5. The highest BCUT2D eigenvalue weighted by Crippen LogP contribution is 2.38. The quantitative estimate of drug-likeness (QED) is 0.774. The Balaban J connectivity index is 3.06. The van der Waals surface area contributed by atoms with Crippen molar-refractivity contribution >= 4 is 0 Å². The Morgan fingerprint density at radius 1 is 1.24 bits per heavy atom. The fourth-order valence-corrected chi connectivity index (χ4v) is 1.40. The maximum atomic E-state index is 9.22. The van der Waals surface area contributed by atoms with E-state index in [-0.39, 0.29) is 6.61 Å². The minimum absolute atomic E-state index is 0.175. The van der Waals surface area contributed by atoms with Crippen molar-refractivity contribution in [2.75, 3.05) is 20.8 Å². The number of ether oxygens (including phenoxy) is 3. The smallest absolute Gasteiger partial charge is 0.203 e. The van der Waals surface area contributed by atoms with Gasteiger partial charge in [-0.1, -0.05) is 0 Å². The maximum Gasteiger partial charge on any atom is 0.203 e. The lowest BCUT2D eigenvalue weighted by molar-refractivity contribution is 0.118. The largest absolute Gasteiger partial charge is 0.493 e. The molecule has 5 nitrogen and oxygen atoms in total. The molecule has 5 heteroatoms. The summed E-state index contributed by atoms with van der Waals surface area (Å²) in [5.41, 5.74) is 6.47. The van der Waals surface area contributed by atoms with Crippen LogP contribution in [0.3, 0.4) is 0 Å². The van der Waals surface area contributed by atoms with Crippen LogP contribution in [0.25, 0.3) is 0 Å². The van der Waals surface area contributed by atoms with E-state index < -0.39 is 6.10 Å². The van der Waals surface area contributed by atoms with E-state index in [1.807, 2.05) is 0 Å². The minimum Gasteiger partial charge on any atom is -0.493 e. The summed E-state index contributed by atoms with van der Waals surface area (Å²) in [6, 6.07) is 3.58. The third kappa shape index (κ3) is 3.51. The van der Waals surface area contributed by atoms with Crippen molar-refractivity contribution < 1.29 is 19.3 Å². The summed E-state index contributed by atoms with van der Waals surface area (Å²) in [5, 5.41) is 9.22. The molecule has 0 aliphatic heterocycles. The number of rotatable bonds is 6. The van der Waals surface area contributed by atoms with Gasteiger partial charge in [0.25, 0.3) is 0 Å². The highest BCUT2D eigenvalue weighted by molar-refractivity contribution is 5.53. The summed E-state index contributed by atoms with van der Waals surface area (Å²) in [4.78, 5) is 0. The zero-order valence-electron chi connectivity index (χ0n) is 10.4. The summed E-state index contributed by atoms with van der Waals surface area (Å²) in [6.45, 7) is 2.21. The van der Waals surface area contributed by atoms with Crippen LogP contribution in [0.2, 0.25) is 0 Å². The summed E-state index contributed by atoms with van der Waals surface area (Å²) in [6.07, 6.45) is -0.557. The topological polar surface area (TPSA) is 73.9 Å². The summed E-state index contributed by atoms with van der Waals surface area (Å²) < 4.78 is 15.9. The van der Waals surface area contributed by atoms with Crippen molar-refractivity contribution in [3.8, 4) is 17.2 Å². The van der Waals surface area contributed by atoms with E-state index in [1.54, 1.807) is 33.3 Å². The number of aliphatic hydroxyl groups is 1. The second-order valence-electron chi connectivity index (χ2n) is 3.69. The third-order valence-corrected chi connectivity index (χ3v) is 2.22. The number of nitrogens with two attached hydrogens (primary N) is 1. The summed E-state index contributed by atoms with van der Waals surface area (Å²) >= 11 is 0. The number of aliphatic hydroxyl groups excluding tert-OH is 1. The lowest BCUT2D eigenvalue weighted by atomic mass is 10.2. The molecule has 0 aliphatic rings. The number of methoxy groups -OCH3 is 2. The first-order valence-electron chi connectivity index (χ1n) is 5.38. The van der Waals surface area contributed by atoms with E-state index in [0.717, 1.165) is 5.56 Å². The molecular weight excluding hydrogens is 222 g/mol. The summed E-state index contributed by atoms with van der Waals surface area (Å²) in [5.74, 6) is 1.57. The van der Waals surface area contributed by atoms with Gasteiger partial charge in [0.15, 0.2) is 11.5 Å². The predicted molar refractivity (Wildman–Crippen MR) is 64.6 cm³/mol. The highest BCUT2D eigenvalue weighted by Gasteiger charge is 2.14. The number of hydrogen-bond donors (Lipinski definition) is 2. The van der Waals surface area contributed by atoms with E-state index in [2.05, 4.69) is 0 Å². The molecule has 96 valence electrons. The van der Waals surface area contributed by atoms with Crippen molar-refractivity contribution in [2.45, 2.75) is 19.6 Å². The van der Waals surface area contributed by atoms with Crippen LogP contribution in [-0.2, 0) is 6.54 Å². The molecule has 0 saturated carbocycles. The van der Waals surface area contributed by atoms with E-state index in [1.165, 1.54) is 0 Å². The fourth-order valence-electron chi connectivity index (χ4n) is 1.40. The average Bonchev–Trinajstić information content (AvgIpc) is 2.34. The Morgan fingerprint density at radius 2 is 1.76 bits per heavy atom. The van der Waals surface area contributed by atoms with Crippen LogP contribution >= 0.6 is 0 Å². The first-order chi connectivity index (χ1) is 8.12. The SMILES string of the molecule is COc1cc(CN)cc(OC)c1OCC(C)O. The monoisotopic (exact) mass is 241 g/mol. The van der Waals surface area contributed by atoms with Crippen molar-refractivity contribution in [1.82, 2.24) is 0 Å². The Morgan fingerprint density at radius 3 is 2.12 bits per heavy atom. The van der Waals surface area contributed by atoms with Gasteiger partial charge in [0.05, 0.1) is 20.3 Å². The average molecular weight is 241 g/mol. The minimum atomic E-state index is -0.557. The van der Waals surface area contributed by atoms with Crippen LogP contribution < -0.4 is 19.9 Å². The van der Waals surface area contributed by atoms with Gasteiger partial charge in [-0.3, -0.25) is 0 Å². The normalized spacial score (nSPS) is 12.1. The standard InChI is InChI=1S/C12H19NO4/c1-8(14)7-17-12-10(15-2)4-9(6-13)5-11(12)16-3/h4-5,8,14H,6-7,13H2,1-3H3. The lowest BCUT2D eigenvalue weighted by Crippen LogP contribution is -2.14. The van der Waals surface area contributed by atoms with Gasteiger partial charge >= 0.3 is 0 Å². The van der Waals surface area contributed by atoms with Crippen LogP contribution in [0.4, 0.5) is 0 Å². The second kappa shape index (κ2) is 6.32. The van der Waals surface area contributed by atoms with Gasteiger partial charge in [0.1, 0.15) is 6.61 Å². The molecule has 3 N–H and O–H groups in total. The maximum absolute atomic E-state index is 9.22. The molecule has 0 saturated heterocycles. The van der Waals surface area contributed by atoms with Gasteiger partial charge in [-0.2, -0.15) is 0 Å². The molecule has 1 unspecified atom stereocenters. The van der Waals surface area contributed by atoms with Crippen molar-refractivity contribution in [3.63, 3.8) is 0 Å². The van der Waals surface area contributed by atoms with Gasteiger partial charge < -0.3 is 25.1 Å². The van der Waals surface area contributed by atoms with Gasteiger partial charge in [0.2, 0.25) is 5.75 Å². The molecule has 0 spiro atoms. The van der Waals surface area contributed by atoms with Crippen molar-refractivity contribution in [2.24, 2.45) is 5.73 Å². The van der Waals surface area contributed by atoms with Crippen LogP contribution in [-0.4, -0.2) is 32.0 Å². The Labute approximate surface area is 101 Å². The predicted octanol–water partition coefficient (Wildman–Crippen LogP) is 0.922. The van der Waals surface area contributed by atoms with Crippen molar-refractivity contribution in [1.29, 1.82) is 0 Å². The first-order valence-corrected chi connectivity index (χ1v) is 5.38. The van der Waals surface area contributed by atoms with Crippen LogP contribution in [0.1, 0.15) is 12.5 Å². The number of benzene rings is 1. The number of hydrogen-bond acceptors (Lipinski definition) is 5. The molecule has 0 radical (unpaired) electrons. The Hall–Kier alpha value is -1.46. The molecule has 0 aromatic heterocycles. The molecule has 0 bridgehead atoms. The van der Waals surface area contributed by atoms with Crippen molar-refractivity contribution in [3.05, 3.63) is 17.7 Å². The molecule has 1 rings (SSSR count). The van der Waals surface area contributed by atoms with Gasteiger partial charge in [-0.05, 0) is 24.6 Å². The van der Waals surface area contributed by atoms with Gasteiger partial charge in [-0.15, -0.1) is 0 Å². The Bertz CT molecular complexity index is 341. The molecule has 17 heavy (non-hydrogen) atoms. The van der Waals surface area contributed by atoms with Crippen LogP contribution in [0, 0.1) is 0 Å². The molecule has 1 atom stereocenters. The van der Waals surface area contributed by atoms with E-state index in [9.17, 15) is 5.11 Å². The van der Waals surface area contributed by atoms with E-state index in [4.69, 9.17) is 19.9 Å². The van der Waals surface area contributed by atoms with E-state index >= 15 is 0 Å². The molecule has 0 aliphatic carbocycles. The molecule has 0 heterocycles. The van der Waals surface area contributed by atoms with Crippen LogP contribution in [0.15, 0.2) is 12.1 Å². The zero-order chi connectivity index (χ0) is 12.8. The third-order valence-electron chi connectivity index (χ3n) is 2.22. The summed E-state index contributed by atoms with van der Waals surface area (Å²) in [7, 11) is 3.09. The Kier molecular flexibility index (Phi) is 5.06. The van der Waals surface area contributed by atoms with Gasteiger partial charge in [-0.25, -0.2) is 0 Å². The van der Waals surface area contributed by atoms with Crippen LogP contribution in [0.5, 0.6) is 17.2 Å². The molecule has 1 aromatic rings. The fraction of sp³-hybridized carbons (Fsp3) is 0.500. The second-order valence-corrected chi connectivity index (χ2v) is 3.69. The molecule has 0 fully saturated rings. The molecular formula is C12H19NO4. The molecule has 0 amide bonds. The lowest BCUT2D eigenvalue weighted by Gasteiger charge is -2.16. The zero-order valence-corrected chi connectivity index (χ0v) is 10.4. The molecule has 1 aromatic carbocycles. The first kappa shape index (κ1) is 13.6.